The molecule has 0 saturated heterocycles. The number of ether oxygens (including phenoxy) is 1. The molecule has 3 heteroatoms. The van der Waals surface area contributed by atoms with Crippen molar-refractivity contribution in [2.45, 2.75) is 12.5 Å². The highest BCUT2D eigenvalue weighted by Gasteiger charge is 2.28. The predicted octanol–water partition coefficient (Wildman–Crippen LogP) is 2.16. The van der Waals surface area contributed by atoms with E-state index >= 15 is 0 Å². The van der Waals surface area contributed by atoms with Gasteiger partial charge in [0.1, 0.15) is 5.75 Å². The van der Waals surface area contributed by atoms with Crippen molar-refractivity contribution in [3.8, 4) is 17.6 Å². The molecule has 0 spiro atoms. The first-order valence-corrected chi connectivity index (χ1v) is 6.89. The van der Waals surface area contributed by atoms with Crippen LogP contribution in [0.2, 0.25) is 0 Å². The van der Waals surface area contributed by atoms with Crippen molar-refractivity contribution in [3.05, 3.63) is 65.7 Å². The molecule has 0 fully saturated rings. The van der Waals surface area contributed by atoms with Gasteiger partial charge in [0.2, 0.25) is 0 Å². The topological polar surface area (TPSA) is 38.3 Å². The minimum absolute atomic E-state index is 0.117. The Hall–Kier alpha value is -2.73. The van der Waals surface area contributed by atoms with E-state index in [1.54, 1.807) is 0 Å². The van der Waals surface area contributed by atoms with E-state index in [0.717, 1.165) is 16.9 Å². The molecule has 1 amide bonds. The third-order valence-electron chi connectivity index (χ3n) is 3.30. The van der Waals surface area contributed by atoms with Gasteiger partial charge in [0.15, 0.2) is 6.10 Å². The van der Waals surface area contributed by atoms with E-state index in [4.69, 9.17) is 4.74 Å². The molecule has 2 aromatic rings. The SMILES string of the molecule is O=C(NCC#Cc1ccccc1)C1Cc2ccccc2O1. The van der Waals surface area contributed by atoms with E-state index in [-0.39, 0.29) is 5.91 Å². The average Bonchev–Trinajstić information content (AvgIpc) is 2.96. The van der Waals surface area contributed by atoms with E-state index in [0.29, 0.717) is 13.0 Å². The van der Waals surface area contributed by atoms with Gasteiger partial charge in [-0.1, -0.05) is 48.2 Å². The zero-order valence-corrected chi connectivity index (χ0v) is 11.5. The number of carbonyl (C=O) groups is 1. The van der Waals surface area contributed by atoms with Gasteiger partial charge in [-0.15, -0.1) is 0 Å². The van der Waals surface area contributed by atoms with Gasteiger partial charge in [-0.2, -0.15) is 0 Å². The van der Waals surface area contributed by atoms with E-state index in [2.05, 4.69) is 17.2 Å². The van der Waals surface area contributed by atoms with Gasteiger partial charge in [-0.3, -0.25) is 4.79 Å². The van der Waals surface area contributed by atoms with Crippen LogP contribution in [0.1, 0.15) is 11.1 Å². The Bertz CT molecular complexity index is 673. The summed E-state index contributed by atoms with van der Waals surface area (Å²) in [6.07, 6.45) is 0.176. The van der Waals surface area contributed by atoms with Crippen molar-refractivity contribution >= 4 is 5.91 Å². The molecule has 1 unspecified atom stereocenters. The average molecular weight is 277 g/mol. The van der Waals surface area contributed by atoms with Crippen LogP contribution in [0, 0.1) is 11.8 Å². The van der Waals surface area contributed by atoms with Gasteiger partial charge in [0.25, 0.3) is 5.91 Å². The highest BCUT2D eigenvalue weighted by atomic mass is 16.5. The van der Waals surface area contributed by atoms with Crippen LogP contribution in [0.4, 0.5) is 0 Å². The lowest BCUT2D eigenvalue weighted by molar-refractivity contribution is -0.126. The summed E-state index contributed by atoms with van der Waals surface area (Å²) in [4.78, 5) is 12.0. The Morgan fingerprint density at radius 2 is 1.90 bits per heavy atom. The molecule has 21 heavy (non-hydrogen) atoms. The summed E-state index contributed by atoms with van der Waals surface area (Å²) in [6.45, 7) is 0.323. The number of rotatable bonds is 2. The molecule has 104 valence electrons. The number of carbonyl (C=O) groups excluding carboxylic acids is 1. The fraction of sp³-hybridized carbons (Fsp3) is 0.167. The van der Waals surface area contributed by atoms with Crippen molar-refractivity contribution in [1.29, 1.82) is 0 Å². The van der Waals surface area contributed by atoms with E-state index in [1.807, 2.05) is 54.6 Å². The smallest absolute Gasteiger partial charge is 0.262 e. The van der Waals surface area contributed by atoms with Crippen LogP contribution in [0.5, 0.6) is 5.75 Å². The van der Waals surface area contributed by atoms with Crippen LogP contribution < -0.4 is 10.1 Å². The molecule has 0 aliphatic carbocycles. The standard InChI is InChI=1S/C18H15NO2/c20-18(17-13-15-10-4-5-11-16(15)21-17)19-12-6-9-14-7-2-1-3-8-14/h1-5,7-8,10-11,17H,12-13H2,(H,19,20). The predicted molar refractivity (Wildman–Crippen MR) is 80.9 cm³/mol. The van der Waals surface area contributed by atoms with Gasteiger partial charge in [0, 0.05) is 12.0 Å². The molecular weight excluding hydrogens is 262 g/mol. The van der Waals surface area contributed by atoms with Gasteiger partial charge in [-0.05, 0) is 23.8 Å². The summed E-state index contributed by atoms with van der Waals surface area (Å²) in [6, 6.07) is 17.4. The number of amides is 1. The molecule has 0 saturated carbocycles. The second-order valence-corrected chi connectivity index (χ2v) is 4.80. The van der Waals surface area contributed by atoms with Gasteiger partial charge < -0.3 is 10.1 Å². The summed E-state index contributed by atoms with van der Waals surface area (Å²) >= 11 is 0. The third-order valence-corrected chi connectivity index (χ3v) is 3.30. The highest BCUT2D eigenvalue weighted by molar-refractivity contribution is 5.82. The van der Waals surface area contributed by atoms with Crippen LogP contribution in [-0.4, -0.2) is 18.6 Å². The lowest BCUT2D eigenvalue weighted by Crippen LogP contribution is -2.37. The summed E-state index contributed by atoms with van der Waals surface area (Å²) in [5, 5.41) is 2.79. The number of fused-ring (bicyclic) bond motifs is 1. The van der Waals surface area contributed by atoms with Crippen LogP contribution in [0.25, 0.3) is 0 Å². The normalized spacial score (nSPS) is 15.3. The van der Waals surface area contributed by atoms with Crippen molar-refractivity contribution in [1.82, 2.24) is 5.32 Å². The highest BCUT2D eigenvalue weighted by Crippen LogP contribution is 2.27. The maximum absolute atomic E-state index is 12.0. The molecule has 1 aliphatic rings. The largest absolute Gasteiger partial charge is 0.480 e. The Morgan fingerprint density at radius 1 is 1.14 bits per heavy atom. The molecule has 1 N–H and O–H groups in total. The van der Waals surface area contributed by atoms with Gasteiger partial charge in [0.05, 0.1) is 6.54 Å². The monoisotopic (exact) mass is 277 g/mol. The van der Waals surface area contributed by atoms with Crippen LogP contribution in [-0.2, 0) is 11.2 Å². The summed E-state index contributed by atoms with van der Waals surface area (Å²) < 4.78 is 5.62. The van der Waals surface area contributed by atoms with Crippen molar-refractivity contribution in [3.63, 3.8) is 0 Å². The first-order chi connectivity index (χ1) is 10.3. The third kappa shape index (κ3) is 3.24. The molecule has 0 bridgehead atoms. The van der Waals surface area contributed by atoms with E-state index in [1.165, 1.54) is 0 Å². The molecule has 2 aromatic carbocycles. The zero-order valence-electron chi connectivity index (χ0n) is 11.5. The van der Waals surface area contributed by atoms with E-state index in [9.17, 15) is 4.79 Å². The molecular formula is C18H15NO2. The molecule has 1 atom stereocenters. The number of hydrogen-bond donors (Lipinski definition) is 1. The minimum atomic E-state index is -0.444. The first kappa shape index (κ1) is 13.3. The molecule has 0 radical (unpaired) electrons. The summed E-state index contributed by atoms with van der Waals surface area (Å²) in [5.74, 6) is 6.62. The maximum atomic E-state index is 12.0. The van der Waals surface area contributed by atoms with Crippen LogP contribution in [0.3, 0.4) is 0 Å². The fourth-order valence-corrected chi connectivity index (χ4v) is 2.24. The van der Waals surface area contributed by atoms with Crippen molar-refractivity contribution in [2.24, 2.45) is 0 Å². The minimum Gasteiger partial charge on any atom is -0.480 e. The molecule has 1 aliphatic heterocycles. The lowest BCUT2D eigenvalue weighted by Gasteiger charge is -2.09. The number of benzene rings is 2. The van der Waals surface area contributed by atoms with Crippen molar-refractivity contribution in [2.75, 3.05) is 6.54 Å². The van der Waals surface area contributed by atoms with Gasteiger partial charge in [-0.25, -0.2) is 0 Å². The number of para-hydroxylation sites is 1. The quantitative estimate of drug-likeness (QED) is 0.854. The lowest BCUT2D eigenvalue weighted by atomic mass is 10.1. The van der Waals surface area contributed by atoms with Crippen LogP contribution >= 0.6 is 0 Å². The Labute approximate surface area is 123 Å². The van der Waals surface area contributed by atoms with Crippen LogP contribution in [0.15, 0.2) is 54.6 Å². The Kier molecular flexibility index (Phi) is 3.88. The fourth-order valence-electron chi connectivity index (χ4n) is 2.24. The zero-order chi connectivity index (χ0) is 14.5. The molecule has 3 rings (SSSR count). The number of nitrogens with one attached hydrogen (secondary N) is 1. The summed E-state index contributed by atoms with van der Waals surface area (Å²) in [5.41, 5.74) is 2.02. The van der Waals surface area contributed by atoms with Crippen molar-refractivity contribution < 1.29 is 9.53 Å². The summed E-state index contributed by atoms with van der Waals surface area (Å²) in [7, 11) is 0. The Morgan fingerprint density at radius 3 is 2.71 bits per heavy atom. The second kappa shape index (κ2) is 6.15. The molecule has 1 heterocycles. The van der Waals surface area contributed by atoms with Gasteiger partial charge >= 0.3 is 0 Å². The second-order valence-electron chi connectivity index (χ2n) is 4.80. The molecule has 3 nitrogen and oxygen atoms in total. The van der Waals surface area contributed by atoms with E-state index < -0.39 is 6.10 Å². The Balaban J connectivity index is 1.51. The molecule has 0 aromatic heterocycles. The first-order valence-electron chi connectivity index (χ1n) is 6.89. The number of hydrogen-bond acceptors (Lipinski definition) is 2. The maximum Gasteiger partial charge on any atom is 0.262 e.